The Morgan fingerprint density at radius 1 is 1.03 bits per heavy atom. The number of ether oxygens (including phenoxy) is 1. The first-order valence-corrected chi connectivity index (χ1v) is 10.5. The monoisotopic (exact) mass is 439 g/mol. The first-order valence-electron chi connectivity index (χ1n) is 10.5. The number of nitrogens with zero attached hydrogens (tertiary/aromatic N) is 2. The van der Waals surface area contributed by atoms with Crippen molar-refractivity contribution in [1.82, 2.24) is 0 Å². The molecule has 1 unspecified atom stereocenters. The summed E-state index contributed by atoms with van der Waals surface area (Å²) in [5.41, 5.74) is 2.94. The molecule has 7 heteroatoms. The fourth-order valence-electron chi connectivity index (χ4n) is 3.95. The summed E-state index contributed by atoms with van der Waals surface area (Å²) in [5, 5.41) is 12.2. The highest BCUT2D eigenvalue weighted by molar-refractivity contribution is 6.06. The second kappa shape index (κ2) is 9.37. The molecule has 0 aliphatic carbocycles. The molecule has 4 rings (SSSR count). The van der Waals surface area contributed by atoms with Crippen molar-refractivity contribution in [1.29, 1.82) is 5.26 Å². The van der Waals surface area contributed by atoms with E-state index in [4.69, 9.17) is 4.74 Å². The molecular formula is C26H21N3O4. The highest BCUT2D eigenvalue weighted by Gasteiger charge is 2.30. The molecule has 0 aromatic heterocycles. The van der Waals surface area contributed by atoms with Crippen molar-refractivity contribution >= 4 is 29.2 Å². The number of rotatable bonds is 4. The van der Waals surface area contributed by atoms with E-state index in [1.807, 2.05) is 0 Å². The standard InChI is InChI=1S/C26H21N3O4/c1-17-14-24(30)28-22-12-6-7-13-23(22)29(17)25(31)16-33-26(32)21-11-5-4-10-20(21)19-9-3-2-8-18(19)15-27/h2-13,17H,14,16H2,1H3,(H,28,30). The van der Waals surface area contributed by atoms with Gasteiger partial charge in [-0.1, -0.05) is 48.5 Å². The zero-order chi connectivity index (χ0) is 23.4. The Bertz CT molecular complexity index is 1280. The highest BCUT2D eigenvalue weighted by atomic mass is 16.5. The number of fused-ring (bicyclic) bond motifs is 1. The van der Waals surface area contributed by atoms with Crippen molar-refractivity contribution in [3.8, 4) is 17.2 Å². The van der Waals surface area contributed by atoms with Crippen molar-refractivity contribution in [3.05, 3.63) is 83.9 Å². The third kappa shape index (κ3) is 4.46. The molecule has 164 valence electrons. The summed E-state index contributed by atoms with van der Waals surface area (Å²) in [5.74, 6) is -1.29. The van der Waals surface area contributed by atoms with Crippen LogP contribution in [0.5, 0.6) is 0 Å². The maximum absolute atomic E-state index is 13.1. The lowest BCUT2D eigenvalue weighted by Crippen LogP contribution is -2.41. The van der Waals surface area contributed by atoms with Crippen LogP contribution >= 0.6 is 0 Å². The molecule has 0 saturated heterocycles. The Morgan fingerprint density at radius 3 is 2.48 bits per heavy atom. The molecule has 0 saturated carbocycles. The van der Waals surface area contributed by atoms with E-state index < -0.39 is 24.5 Å². The molecule has 1 aliphatic rings. The normalized spacial score (nSPS) is 15.0. The fourth-order valence-corrected chi connectivity index (χ4v) is 3.95. The number of carbonyl (C=O) groups excluding carboxylic acids is 3. The lowest BCUT2D eigenvalue weighted by molar-refractivity contribution is -0.122. The highest BCUT2D eigenvalue weighted by Crippen LogP contribution is 2.31. The van der Waals surface area contributed by atoms with Gasteiger partial charge in [-0.05, 0) is 36.8 Å². The Balaban J connectivity index is 1.57. The van der Waals surface area contributed by atoms with Gasteiger partial charge >= 0.3 is 5.97 Å². The molecule has 2 amide bonds. The summed E-state index contributed by atoms with van der Waals surface area (Å²) >= 11 is 0. The number of hydrogen-bond acceptors (Lipinski definition) is 5. The minimum atomic E-state index is -0.670. The van der Waals surface area contributed by atoms with Gasteiger partial charge in [-0.2, -0.15) is 5.26 Å². The number of nitriles is 1. The lowest BCUT2D eigenvalue weighted by Gasteiger charge is -2.27. The van der Waals surface area contributed by atoms with Crippen LogP contribution in [0.15, 0.2) is 72.8 Å². The van der Waals surface area contributed by atoms with E-state index >= 15 is 0 Å². The van der Waals surface area contributed by atoms with Crippen molar-refractivity contribution < 1.29 is 19.1 Å². The van der Waals surface area contributed by atoms with E-state index in [1.54, 1.807) is 79.7 Å². The van der Waals surface area contributed by atoms with E-state index in [1.165, 1.54) is 4.90 Å². The number of esters is 1. The van der Waals surface area contributed by atoms with E-state index in [0.717, 1.165) is 0 Å². The van der Waals surface area contributed by atoms with Gasteiger partial charge in [-0.25, -0.2) is 4.79 Å². The van der Waals surface area contributed by atoms with Crippen LogP contribution in [-0.4, -0.2) is 30.4 Å². The maximum atomic E-state index is 13.1. The average Bonchev–Trinajstić information content (AvgIpc) is 2.96. The molecule has 0 radical (unpaired) electrons. The topological polar surface area (TPSA) is 99.5 Å². The summed E-state index contributed by atoms with van der Waals surface area (Å²) in [6, 6.07) is 22.5. The minimum absolute atomic E-state index is 0.127. The maximum Gasteiger partial charge on any atom is 0.339 e. The molecule has 1 aliphatic heterocycles. The Labute approximate surface area is 191 Å². The number of nitrogens with one attached hydrogen (secondary N) is 1. The van der Waals surface area contributed by atoms with Crippen molar-refractivity contribution in [3.63, 3.8) is 0 Å². The molecular weight excluding hydrogens is 418 g/mol. The quantitative estimate of drug-likeness (QED) is 0.616. The molecule has 3 aromatic carbocycles. The van der Waals surface area contributed by atoms with Crippen LogP contribution in [0.4, 0.5) is 11.4 Å². The number of para-hydroxylation sites is 2. The number of carbonyl (C=O) groups is 3. The van der Waals surface area contributed by atoms with Crippen LogP contribution < -0.4 is 10.2 Å². The van der Waals surface area contributed by atoms with Gasteiger partial charge in [0.1, 0.15) is 0 Å². The zero-order valence-electron chi connectivity index (χ0n) is 17.9. The average molecular weight is 439 g/mol. The minimum Gasteiger partial charge on any atom is -0.452 e. The van der Waals surface area contributed by atoms with Gasteiger partial charge < -0.3 is 15.0 Å². The number of amides is 2. The van der Waals surface area contributed by atoms with Crippen LogP contribution in [0.3, 0.4) is 0 Å². The smallest absolute Gasteiger partial charge is 0.339 e. The molecule has 1 heterocycles. The SMILES string of the molecule is CC1CC(=O)Nc2ccccc2N1C(=O)COC(=O)c1ccccc1-c1ccccc1C#N. The van der Waals surface area contributed by atoms with Gasteiger partial charge in [-0.3, -0.25) is 9.59 Å². The lowest BCUT2D eigenvalue weighted by atomic mass is 9.96. The van der Waals surface area contributed by atoms with Crippen LogP contribution in [0.25, 0.3) is 11.1 Å². The van der Waals surface area contributed by atoms with Gasteiger partial charge in [0.2, 0.25) is 5.91 Å². The summed E-state index contributed by atoms with van der Waals surface area (Å²) in [6.07, 6.45) is 0.127. The predicted molar refractivity (Wildman–Crippen MR) is 124 cm³/mol. The Morgan fingerprint density at radius 2 is 1.70 bits per heavy atom. The van der Waals surface area contributed by atoms with E-state index in [2.05, 4.69) is 11.4 Å². The molecule has 1 atom stereocenters. The summed E-state index contributed by atoms with van der Waals surface area (Å²) < 4.78 is 5.39. The van der Waals surface area contributed by atoms with Gasteiger partial charge in [0.15, 0.2) is 6.61 Å². The fraction of sp³-hybridized carbons (Fsp3) is 0.154. The number of benzene rings is 3. The Hall–Kier alpha value is -4.44. The molecule has 0 spiro atoms. The van der Waals surface area contributed by atoms with E-state index in [9.17, 15) is 19.6 Å². The number of hydrogen-bond donors (Lipinski definition) is 1. The van der Waals surface area contributed by atoms with E-state index in [-0.39, 0.29) is 17.9 Å². The first kappa shape index (κ1) is 21.8. The van der Waals surface area contributed by atoms with Gasteiger partial charge in [0.25, 0.3) is 5.91 Å². The molecule has 3 aromatic rings. The van der Waals surface area contributed by atoms with Crippen LogP contribution in [0, 0.1) is 11.3 Å². The van der Waals surface area contributed by atoms with E-state index in [0.29, 0.717) is 28.1 Å². The first-order chi connectivity index (χ1) is 16.0. The summed E-state index contributed by atoms with van der Waals surface area (Å²) in [6.45, 7) is 1.29. The molecule has 7 nitrogen and oxygen atoms in total. The van der Waals surface area contributed by atoms with Gasteiger partial charge in [0.05, 0.1) is 28.6 Å². The van der Waals surface area contributed by atoms with Crippen molar-refractivity contribution in [2.45, 2.75) is 19.4 Å². The van der Waals surface area contributed by atoms with Crippen LogP contribution in [-0.2, 0) is 14.3 Å². The second-order valence-corrected chi connectivity index (χ2v) is 7.66. The zero-order valence-corrected chi connectivity index (χ0v) is 17.9. The molecule has 0 bridgehead atoms. The van der Waals surface area contributed by atoms with Crippen molar-refractivity contribution in [2.24, 2.45) is 0 Å². The molecule has 0 fully saturated rings. The van der Waals surface area contributed by atoms with Crippen LogP contribution in [0.2, 0.25) is 0 Å². The van der Waals surface area contributed by atoms with Gasteiger partial charge in [-0.15, -0.1) is 0 Å². The summed E-state index contributed by atoms with van der Waals surface area (Å²) in [7, 11) is 0. The third-order valence-corrected chi connectivity index (χ3v) is 5.44. The van der Waals surface area contributed by atoms with Gasteiger partial charge in [0, 0.05) is 18.0 Å². The Kier molecular flexibility index (Phi) is 6.18. The largest absolute Gasteiger partial charge is 0.452 e. The number of anilines is 2. The predicted octanol–water partition coefficient (Wildman–Crippen LogP) is 4.15. The van der Waals surface area contributed by atoms with Crippen LogP contribution in [0.1, 0.15) is 29.3 Å². The molecule has 33 heavy (non-hydrogen) atoms. The second-order valence-electron chi connectivity index (χ2n) is 7.66. The molecule has 1 N–H and O–H groups in total. The van der Waals surface area contributed by atoms with Crippen molar-refractivity contribution in [2.75, 3.05) is 16.8 Å². The summed E-state index contributed by atoms with van der Waals surface area (Å²) in [4.78, 5) is 39.6. The third-order valence-electron chi connectivity index (χ3n) is 5.44.